The predicted molar refractivity (Wildman–Crippen MR) is 96.2 cm³/mol. The van der Waals surface area contributed by atoms with E-state index in [0.29, 0.717) is 0 Å². The van der Waals surface area contributed by atoms with Gasteiger partial charge in [0, 0.05) is 35.6 Å². The SMILES string of the molecule is CN1[C@@H]2CC[C@H]1/C(=C\c1ccccc1)C(=O)/C2=C/c1cccnc1. The molecule has 1 aromatic heterocycles. The van der Waals surface area contributed by atoms with Crippen molar-refractivity contribution in [3.8, 4) is 0 Å². The van der Waals surface area contributed by atoms with Gasteiger partial charge in [0.25, 0.3) is 0 Å². The molecular weight excluding hydrogens is 296 g/mol. The van der Waals surface area contributed by atoms with E-state index in [1.54, 1.807) is 6.20 Å². The van der Waals surface area contributed by atoms with E-state index < -0.39 is 0 Å². The van der Waals surface area contributed by atoms with E-state index in [4.69, 9.17) is 0 Å². The summed E-state index contributed by atoms with van der Waals surface area (Å²) < 4.78 is 0. The van der Waals surface area contributed by atoms with E-state index in [0.717, 1.165) is 35.1 Å². The number of piperidine rings is 1. The summed E-state index contributed by atoms with van der Waals surface area (Å²) in [4.78, 5) is 19.7. The second kappa shape index (κ2) is 6.17. The number of ketones is 1. The highest BCUT2D eigenvalue weighted by atomic mass is 16.1. The zero-order valence-corrected chi connectivity index (χ0v) is 13.7. The minimum atomic E-state index is 0.188. The number of likely N-dealkylation sites (N-methyl/N-ethyl adjacent to an activating group) is 1. The van der Waals surface area contributed by atoms with Crippen LogP contribution >= 0.6 is 0 Å². The lowest BCUT2D eigenvalue weighted by atomic mass is 9.88. The van der Waals surface area contributed by atoms with Crippen molar-refractivity contribution in [2.45, 2.75) is 24.9 Å². The van der Waals surface area contributed by atoms with Crippen LogP contribution in [0.4, 0.5) is 0 Å². The van der Waals surface area contributed by atoms with Crippen molar-refractivity contribution in [1.82, 2.24) is 9.88 Å². The van der Waals surface area contributed by atoms with Gasteiger partial charge in [-0.3, -0.25) is 14.7 Å². The molecule has 3 heterocycles. The maximum absolute atomic E-state index is 13.2. The topological polar surface area (TPSA) is 33.2 Å². The minimum Gasteiger partial charge on any atom is -0.292 e. The number of carbonyl (C=O) groups excluding carboxylic acids is 1. The maximum Gasteiger partial charge on any atom is 0.188 e. The number of carbonyl (C=O) groups is 1. The van der Waals surface area contributed by atoms with Crippen LogP contribution in [0.25, 0.3) is 12.2 Å². The number of hydrogen-bond acceptors (Lipinski definition) is 3. The largest absolute Gasteiger partial charge is 0.292 e. The van der Waals surface area contributed by atoms with Gasteiger partial charge in [-0.2, -0.15) is 0 Å². The first-order valence-corrected chi connectivity index (χ1v) is 8.39. The lowest BCUT2D eigenvalue weighted by molar-refractivity contribution is -0.114. The minimum absolute atomic E-state index is 0.188. The highest BCUT2D eigenvalue weighted by Gasteiger charge is 2.44. The number of fused-ring (bicyclic) bond motifs is 2. The van der Waals surface area contributed by atoms with Gasteiger partial charge in [0.2, 0.25) is 0 Å². The van der Waals surface area contributed by atoms with Crippen LogP contribution in [0.1, 0.15) is 24.0 Å². The first-order chi connectivity index (χ1) is 11.7. The summed E-state index contributed by atoms with van der Waals surface area (Å²) in [6.45, 7) is 0. The monoisotopic (exact) mass is 316 g/mol. The Labute approximate surface area is 142 Å². The fourth-order valence-electron chi connectivity index (χ4n) is 3.85. The summed E-state index contributed by atoms with van der Waals surface area (Å²) >= 11 is 0. The van der Waals surface area contributed by atoms with Gasteiger partial charge in [0.1, 0.15) is 0 Å². The maximum atomic E-state index is 13.2. The van der Waals surface area contributed by atoms with Gasteiger partial charge in [-0.1, -0.05) is 36.4 Å². The summed E-state index contributed by atoms with van der Waals surface area (Å²) in [6.07, 6.45) is 9.70. The van der Waals surface area contributed by atoms with Crippen molar-refractivity contribution >= 4 is 17.9 Å². The zero-order valence-electron chi connectivity index (χ0n) is 13.7. The number of rotatable bonds is 2. The molecule has 0 N–H and O–H groups in total. The Morgan fingerprint density at radius 2 is 1.58 bits per heavy atom. The third kappa shape index (κ3) is 2.61. The third-order valence-corrected chi connectivity index (χ3v) is 5.07. The van der Waals surface area contributed by atoms with Crippen LogP contribution < -0.4 is 0 Å². The molecule has 2 aliphatic heterocycles. The van der Waals surface area contributed by atoms with Crippen molar-refractivity contribution in [3.63, 3.8) is 0 Å². The van der Waals surface area contributed by atoms with Crippen molar-refractivity contribution < 1.29 is 4.79 Å². The number of pyridine rings is 1. The second-order valence-corrected chi connectivity index (χ2v) is 6.50. The van der Waals surface area contributed by atoms with Crippen molar-refractivity contribution in [1.29, 1.82) is 0 Å². The predicted octanol–water partition coefficient (Wildman–Crippen LogP) is 3.59. The number of benzene rings is 1. The molecule has 4 rings (SSSR count). The number of nitrogens with zero attached hydrogens (tertiary/aromatic N) is 2. The molecule has 2 saturated heterocycles. The summed E-state index contributed by atoms with van der Waals surface area (Å²) in [5.41, 5.74) is 3.87. The fraction of sp³-hybridized carbons (Fsp3) is 0.238. The van der Waals surface area contributed by atoms with Crippen LogP contribution in [0, 0.1) is 0 Å². The lowest BCUT2D eigenvalue weighted by Crippen LogP contribution is -2.43. The number of hydrogen-bond donors (Lipinski definition) is 0. The molecular formula is C21H20N2O. The molecule has 0 unspecified atom stereocenters. The van der Waals surface area contributed by atoms with Gasteiger partial charge in [0.05, 0.1) is 0 Å². The number of aromatic nitrogens is 1. The van der Waals surface area contributed by atoms with Crippen LogP contribution in [0.2, 0.25) is 0 Å². The van der Waals surface area contributed by atoms with Crippen molar-refractivity contribution in [2.24, 2.45) is 0 Å². The van der Waals surface area contributed by atoms with E-state index in [-0.39, 0.29) is 17.9 Å². The van der Waals surface area contributed by atoms with Crippen LogP contribution in [0.5, 0.6) is 0 Å². The van der Waals surface area contributed by atoms with Gasteiger partial charge in [0.15, 0.2) is 5.78 Å². The molecule has 0 radical (unpaired) electrons. The van der Waals surface area contributed by atoms with Gasteiger partial charge in [-0.05, 0) is 49.2 Å². The molecule has 0 amide bonds. The molecule has 2 bridgehead atoms. The van der Waals surface area contributed by atoms with E-state index in [2.05, 4.69) is 23.0 Å². The lowest BCUT2D eigenvalue weighted by Gasteiger charge is -2.34. The summed E-state index contributed by atoms with van der Waals surface area (Å²) in [7, 11) is 2.13. The molecule has 2 aliphatic rings. The second-order valence-electron chi connectivity index (χ2n) is 6.50. The average molecular weight is 316 g/mol. The van der Waals surface area contributed by atoms with Crippen LogP contribution in [-0.2, 0) is 4.79 Å². The molecule has 0 spiro atoms. The first-order valence-electron chi connectivity index (χ1n) is 8.39. The Morgan fingerprint density at radius 1 is 0.958 bits per heavy atom. The Balaban J connectivity index is 1.78. The Morgan fingerprint density at radius 3 is 2.21 bits per heavy atom. The molecule has 0 aliphatic carbocycles. The molecule has 120 valence electrons. The van der Waals surface area contributed by atoms with Gasteiger partial charge < -0.3 is 0 Å². The Bertz CT molecular complexity index is 741. The van der Waals surface area contributed by atoms with E-state index in [1.807, 2.05) is 54.7 Å². The fourth-order valence-corrected chi connectivity index (χ4v) is 3.85. The van der Waals surface area contributed by atoms with E-state index in [9.17, 15) is 4.79 Å². The summed E-state index contributed by atoms with van der Waals surface area (Å²) in [5.74, 6) is 0.188. The Kier molecular flexibility index (Phi) is 3.87. The third-order valence-electron chi connectivity index (χ3n) is 5.07. The van der Waals surface area contributed by atoms with Crippen molar-refractivity contribution in [2.75, 3.05) is 7.05 Å². The normalized spacial score (nSPS) is 27.1. The zero-order chi connectivity index (χ0) is 16.5. The van der Waals surface area contributed by atoms with Gasteiger partial charge >= 0.3 is 0 Å². The number of Topliss-reactive ketones (excluding diaryl/α,β-unsaturated/α-hetero) is 1. The average Bonchev–Trinajstić information content (AvgIpc) is 2.93. The molecule has 0 saturated carbocycles. The first kappa shape index (κ1) is 15.0. The Hall–Kier alpha value is -2.52. The van der Waals surface area contributed by atoms with Crippen LogP contribution in [0.15, 0.2) is 66.0 Å². The van der Waals surface area contributed by atoms with Crippen LogP contribution in [-0.4, -0.2) is 34.8 Å². The highest BCUT2D eigenvalue weighted by Crippen LogP contribution is 2.40. The quantitative estimate of drug-likeness (QED) is 0.794. The van der Waals surface area contributed by atoms with E-state index >= 15 is 0 Å². The highest BCUT2D eigenvalue weighted by molar-refractivity contribution is 6.16. The molecule has 3 heteroatoms. The standard InChI is InChI=1S/C21H20N2O/c1-23-19-9-10-20(23)18(13-16-8-5-11-22-14-16)21(24)17(19)12-15-6-3-2-4-7-15/h2-8,11-14,19-20H,9-10H2,1H3/b17-12+,18-13+/t19-,20+/m0/s1. The molecule has 24 heavy (non-hydrogen) atoms. The molecule has 1 aromatic carbocycles. The molecule has 2 fully saturated rings. The summed E-state index contributed by atoms with van der Waals surface area (Å²) in [5, 5.41) is 0. The van der Waals surface area contributed by atoms with Crippen molar-refractivity contribution in [3.05, 3.63) is 77.1 Å². The molecule has 2 aromatic rings. The molecule has 2 atom stereocenters. The van der Waals surface area contributed by atoms with Gasteiger partial charge in [-0.15, -0.1) is 0 Å². The smallest absolute Gasteiger partial charge is 0.188 e. The van der Waals surface area contributed by atoms with Gasteiger partial charge in [-0.25, -0.2) is 0 Å². The van der Waals surface area contributed by atoms with E-state index in [1.165, 1.54) is 0 Å². The van der Waals surface area contributed by atoms with Crippen LogP contribution in [0.3, 0.4) is 0 Å². The molecule has 3 nitrogen and oxygen atoms in total. The summed E-state index contributed by atoms with van der Waals surface area (Å²) in [6, 6.07) is 14.5.